The van der Waals surface area contributed by atoms with Crippen LogP contribution in [0.2, 0.25) is 0 Å². The van der Waals surface area contributed by atoms with E-state index in [0.29, 0.717) is 60.7 Å². The van der Waals surface area contributed by atoms with Crippen LogP contribution in [0.5, 0.6) is 11.5 Å². The Bertz CT molecular complexity index is 1040. The van der Waals surface area contributed by atoms with Gasteiger partial charge in [-0.05, 0) is 44.4 Å². The molecule has 0 aromatic heterocycles. The molecule has 3 aliphatic rings. The van der Waals surface area contributed by atoms with Crippen molar-refractivity contribution in [2.24, 2.45) is 5.92 Å². The Kier molecular flexibility index (Phi) is 8.83. The zero-order chi connectivity index (χ0) is 26.5. The van der Waals surface area contributed by atoms with E-state index < -0.39 is 30.1 Å². The standard InChI is InChI=1S/C27H36N2O8/c1-3-36-11-5-9-29(27(34)17-6-4-7-17)20-14-19(26(33)28-8-10-30)22-18-12-16(15-31)13-21(35-2)24(18)37-25(22)23(20)32/h12-15,17,20,22-23,25,30,32H,3-11H2,1-2H3,(H,28,33)/t20-,22+,23+,25+/m1/s1. The van der Waals surface area contributed by atoms with E-state index in [1.165, 1.54) is 7.11 Å². The molecule has 4 atom stereocenters. The molecule has 0 unspecified atom stereocenters. The van der Waals surface area contributed by atoms with E-state index in [0.717, 1.165) is 19.3 Å². The van der Waals surface area contributed by atoms with Gasteiger partial charge in [0.2, 0.25) is 11.8 Å². The summed E-state index contributed by atoms with van der Waals surface area (Å²) in [5.41, 5.74) is 1.22. The van der Waals surface area contributed by atoms with Gasteiger partial charge >= 0.3 is 0 Å². The number of ether oxygens (including phenoxy) is 3. The van der Waals surface area contributed by atoms with Gasteiger partial charge in [0.05, 0.1) is 25.7 Å². The Balaban J connectivity index is 1.75. The molecule has 0 bridgehead atoms. The van der Waals surface area contributed by atoms with Crippen LogP contribution in [0.1, 0.15) is 54.4 Å². The summed E-state index contributed by atoms with van der Waals surface area (Å²) in [5.74, 6) is -0.582. The first-order valence-electron chi connectivity index (χ1n) is 13.0. The predicted molar refractivity (Wildman–Crippen MR) is 134 cm³/mol. The lowest BCUT2D eigenvalue weighted by atomic mass is 9.76. The molecular formula is C27H36N2O8. The molecule has 1 aromatic carbocycles. The summed E-state index contributed by atoms with van der Waals surface area (Å²) in [4.78, 5) is 40.1. The Hall–Kier alpha value is -2.95. The van der Waals surface area contributed by atoms with Gasteiger partial charge in [0, 0.05) is 48.9 Å². The summed E-state index contributed by atoms with van der Waals surface area (Å²) in [7, 11) is 1.46. The van der Waals surface area contributed by atoms with Crippen LogP contribution in [0, 0.1) is 5.92 Å². The third kappa shape index (κ3) is 5.37. The smallest absolute Gasteiger partial charge is 0.247 e. The maximum atomic E-state index is 13.5. The molecule has 0 saturated heterocycles. The maximum absolute atomic E-state index is 13.5. The Morgan fingerprint density at radius 3 is 2.70 bits per heavy atom. The summed E-state index contributed by atoms with van der Waals surface area (Å²) >= 11 is 0. The lowest BCUT2D eigenvalue weighted by Crippen LogP contribution is -2.57. The third-order valence-electron chi connectivity index (χ3n) is 7.40. The number of carbonyl (C=O) groups is 3. The van der Waals surface area contributed by atoms with Crippen molar-refractivity contribution in [1.82, 2.24) is 10.2 Å². The van der Waals surface area contributed by atoms with Crippen molar-refractivity contribution in [3.63, 3.8) is 0 Å². The first-order valence-corrected chi connectivity index (χ1v) is 13.0. The first kappa shape index (κ1) is 27.1. The number of methoxy groups -OCH3 is 1. The Morgan fingerprint density at radius 1 is 1.30 bits per heavy atom. The van der Waals surface area contributed by atoms with Crippen LogP contribution in [0.3, 0.4) is 0 Å². The fourth-order valence-corrected chi connectivity index (χ4v) is 5.34. The number of amides is 2. The van der Waals surface area contributed by atoms with Gasteiger partial charge in [-0.25, -0.2) is 0 Å². The molecule has 2 aliphatic carbocycles. The zero-order valence-electron chi connectivity index (χ0n) is 21.4. The maximum Gasteiger partial charge on any atom is 0.247 e. The highest BCUT2D eigenvalue weighted by molar-refractivity contribution is 5.96. The average molecular weight is 517 g/mol. The van der Waals surface area contributed by atoms with Crippen molar-refractivity contribution < 1.29 is 38.8 Å². The number of carbonyl (C=O) groups excluding carboxylic acids is 3. The molecule has 10 nitrogen and oxygen atoms in total. The van der Waals surface area contributed by atoms with Gasteiger partial charge in [0.1, 0.15) is 18.5 Å². The highest BCUT2D eigenvalue weighted by atomic mass is 16.5. The van der Waals surface area contributed by atoms with Crippen molar-refractivity contribution in [1.29, 1.82) is 0 Å². The monoisotopic (exact) mass is 516 g/mol. The first-order chi connectivity index (χ1) is 17.9. The summed E-state index contributed by atoms with van der Waals surface area (Å²) in [6.07, 6.45) is 3.50. The van der Waals surface area contributed by atoms with E-state index in [-0.39, 0.29) is 25.0 Å². The van der Waals surface area contributed by atoms with Gasteiger partial charge in [-0.2, -0.15) is 0 Å². The summed E-state index contributed by atoms with van der Waals surface area (Å²) < 4.78 is 17.1. The molecule has 1 fully saturated rings. The summed E-state index contributed by atoms with van der Waals surface area (Å²) in [6, 6.07) is 2.38. The van der Waals surface area contributed by atoms with Crippen LogP contribution in [-0.4, -0.2) is 91.5 Å². The Morgan fingerprint density at radius 2 is 2.08 bits per heavy atom. The number of fused-ring (bicyclic) bond motifs is 3. The molecule has 1 saturated carbocycles. The number of aliphatic hydroxyl groups is 2. The highest BCUT2D eigenvalue weighted by Crippen LogP contribution is 2.51. The van der Waals surface area contributed by atoms with Crippen molar-refractivity contribution in [3.8, 4) is 11.5 Å². The topological polar surface area (TPSA) is 135 Å². The second-order valence-electron chi connectivity index (χ2n) is 9.61. The highest BCUT2D eigenvalue weighted by Gasteiger charge is 2.52. The number of hydrogen-bond donors (Lipinski definition) is 3. The minimum Gasteiger partial charge on any atom is -0.493 e. The van der Waals surface area contributed by atoms with E-state index in [2.05, 4.69) is 5.32 Å². The van der Waals surface area contributed by atoms with Gasteiger partial charge in [-0.1, -0.05) is 6.42 Å². The quantitative estimate of drug-likeness (QED) is 0.279. The third-order valence-corrected chi connectivity index (χ3v) is 7.40. The van der Waals surface area contributed by atoms with E-state index in [1.807, 2.05) is 6.92 Å². The molecule has 0 spiro atoms. The van der Waals surface area contributed by atoms with E-state index >= 15 is 0 Å². The molecule has 4 rings (SSSR count). The van der Waals surface area contributed by atoms with Crippen LogP contribution in [0.25, 0.3) is 0 Å². The fraction of sp³-hybridized carbons (Fsp3) is 0.593. The number of nitrogens with one attached hydrogen (secondary N) is 1. The fourth-order valence-electron chi connectivity index (χ4n) is 5.34. The number of nitrogens with zero attached hydrogens (tertiary/aromatic N) is 1. The largest absolute Gasteiger partial charge is 0.493 e. The van der Waals surface area contributed by atoms with Crippen LogP contribution >= 0.6 is 0 Å². The molecule has 3 N–H and O–H groups in total. The second kappa shape index (κ2) is 12.1. The molecule has 202 valence electrons. The summed E-state index contributed by atoms with van der Waals surface area (Å²) in [6.45, 7) is 3.12. The van der Waals surface area contributed by atoms with Crippen molar-refractivity contribution in [3.05, 3.63) is 34.9 Å². The van der Waals surface area contributed by atoms with Crippen molar-refractivity contribution in [2.45, 2.75) is 56.8 Å². The average Bonchev–Trinajstić information content (AvgIpc) is 3.26. The van der Waals surface area contributed by atoms with Gasteiger partial charge < -0.3 is 34.6 Å². The Labute approximate surface area is 216 Å². The number of aliphatic hydroxyl groups excluding tert-OH is 2. The SMILES string of the molecule is CCOCCCN(C(=O)C1CCC1)[C@@H]1C=C(C(=O)NCCO)[C@@H]2c3cc(C=O)cc(OC)c3O[C@@H]2[C@H]1O. The number of aldehydes is 1. The molecule has 1 heterocycles. The minimum atomic E-state index is -1.13. The predicted octanol–water partition coefficient (Wildman–Crippen LogP) is 1.19. The molecule has 37 heavy (non-hydrogen) atoms. The molecule has 2 amide bonds. The van der Waals surface area contributed by atoms with Gasteiger partial charge in [0.25, 0.3) is 0 Å². The van der Waals surface area contributed by atoms with Crippen LogP contribution in [0.4, 0.5) is 0 Å². The van der Waals surface area contributed by atoms with E-state index in [1.54, 1.807) is 23.1 Å². The van der Waals surface area contributed by atoms with Crippen molar-refractivity contribution >= 4 is 18.1 Å². The van der Waals surface area contributed by atoms with E-state index in [4.69, 9.17) is 14.2 Å². The molecule has 1 aromatic rings. The zero-order valence-corrected chi connectivity index (χ0v) is 21.4. The lowest BCUT2D eigenvalue weighted by Gasteiger charge is -2.42. The van der Waals surface area contributed by atoms with Crippen molar-refractivity contribution in [2.75, 3.05) is 40.0 Å². The van der Waals surface area contributed by atoms with E-state index in [9.17, 15) is 24.6 Å². The van der Waals surface area contributed by atoms with Crippen LogP contribution in [0.15, 0.2) is 23.8 Å². The van der Waals surface area contributed by atoms with Gasteiger partial charge in [0.15, 0.2) is 11.5 Å². The van der Waals surface area contributed by atoms with Crippen LogP contribution in [-0.2, 0) is 14.3 Å². The summed E-state index contributed by atoms with van der Waals surface area (Å²) in [5, 5.41) is 23.6. The molecular weight excluding hydrogens is 480 g/mol. The number of benzene rings is 1. The normalized spacial score (nSPS) is 24.2. The van der Waals surface area contributed by atoms with Gasteiger partial charge in [-0.15, -0.1) is 0 Å². The lowest BCUT2D eigenvalue weighted by molar-refractivity contribution is -0.144. The molecule has 0 radical (unpaired) electrons. The molecule has 1 aliphatic heterocycles. The van der Waals surface area contributed by atoms with Crippen LogP contribution < -0.4 is 14.8 Å². The number of rotatable bonds is 12. The number of hydrogen-bond acceptors (Lipinski definition) is 8. The second-order valence-corrected chi connectivity index (χ2v) is 9.61. The minimum absolute atomic E-state index is 0.0469. The molecule has 10 heteroatoms. The van der Waals surface area contributed by atoms with Gasteiger partial charge in [-0.3, -0.25) is 14.4 Å².